The zero-order chi connectivity index (χ0) is 9.73. The Morgan fingerprint density at radius 3 is 2.38 bits per heavy atom. The standard InChI is InChI=1S/C10H10F2O/c1-13-10(11,12)8-7-9-5-3-2-4-6-9/h2-8H,1H3/b8-7+. The molecule has 0 radical (unpaired) electrons. The van der Waals surface area contributed by atoms with Gasteiger partial charge in [-0.1, -0.05) is 36.4 Å². The minimum absolute atomic E-state index is 0.722. The molecule has 0 aromatic heterocycles. The number of benzene rings is 1. The number of methoxy groups -OCH3 is 1. The van der Waals surface area contributed by atoms with Crippen LogP contribution in [0.5, 0.6) is 0 Å². The monoisotopic (exact) mass is 184 g/mol. The quantitative estimate of drug-likeness (QED) is 0.701. The van der Waals surface area contributed by atoms with Crippen molar-refractivity contribution in [2.75, 3.05) is 7.11 Å². The molecule has 0 unspecified atom stereocenters. The van der Waals surface area contributed by atoms with Crippen molar-refractivity contribution in [3.8, 4) is 0 Å². The Bertz CT molecular complexity index is 280. The van der Waals surface area contributed by atoms with Gasteiger partial charge in [0.25, 0.3) is 0 Å². The minimum Gasteiger partial charge on any atom is -0.320 e. The fraction of sp³-hybridized carbons (Fsp3) is 0.200. The second-order valence-electron chi connectivity index (χ2n) is 2.51. The molecule has 0 saturated heterocycles. The van der Waals surface area contributed by atoms with E-state index in [1.807, 2.05) is 6.07 Å². The SMILES string of the molecule is COC(F)(F)/C=C/c1ccccc1. The van der Waals surface area contributed by atoms with E-state index in [9.17, 15) is 8.78 Å². The summed E-state index contributed by atoms with van der Waals surface area (Å²) in [6.07, 6.45) is -1.14. The van der Waals surface area contributed by atoms with Crippen LogP contribution in [0.3, 0.4) is 0 Å². The van der Waals surface area contributed by atoms with Gasteiger partial charge in [0.2, 0.25) is 0 Å². The molecule has 3 heteroatoms. The van der Waals surface area contributed by atoms with Crippen molar-refractivity contribution in [1.82, 2.24) is 0 Å². The molecule has 0 aliphatic rings. The van der Waals surface area contributed by atoms with E-state index in [-0.39, 0.29) is 0 Å². The first-order chi connectivity index (χ1) is 6.14. The molecule has 13 heavy (non-hydrogen) atoms. The van der Waals surface area contributed by atoms with Gasteiger partial charge >= 0.3 is 6.11 Å². The second-order valence-corrected chi connectivity index (χ2v) is 2.51. The van der Waals surface area contributed by atoms with Crippen LogP contribution in [0.15, 0.2) is 36.4 Å². The molecule has 1 aromatic carbocycles. The third kappa shape index (κ3) is 3.34. The molecule has 0 aliphatic heterocycles. The summed E-state index contributed by atoms with van der Waals surface area (Å²) in [5.74, 6) is 0. The Morgan fingerprint density at radius 2 is 1.85 bits per heavy atom. The summed E-state index contributed by atoms with van der Waals surface area (Å²) in [5, 5.41) is 0. The fourth-order valence-corrected chi connectivity index (χ4v) is 0.825. The number of hydrogen-bond donors (Lipinski definition) is 0. The smallest absolute Gasteiger partial charge is 0.320 e. The summed E-state index contributed by atoms with van der Waals surface area (Å²) in [5.41, 5.74) is 0.722. The predicted molar refractivity (Wildman–Crippen MR) is 47.4 cm³/mol. The molecule has 0 aliphatic carbocycles. The molecule has 0 spiro atoms. The van der Waals surface area contributed by atoms with Gasteiger partial charge in [0.05, 0.1) is 0 Å². The molecular formula is C10H10F2O. The highest BCUT2D eigenvalue weighted by atomic mass is 19.3. The molecule has 0 heterocycles. The minimum atomic E-state index is -3.18. The first kappa shape index (κ1) is 9.86. The molecule has 0 atom stereocenters. The van der Waals surface area contributed by atoms with E-state index in [1.165, 1.54) is 6.08 Å². The molecule has 0 saturated carbocycles. The van der Waals surface area contributed by atoms with Crippen molar-refractivity contribution in [3.05, 3.63) is 42.0 Å². The highest BCUT2D eigenvalue weighted by Gasteiger charge is 2.22. The van der Waals surface area contributed by atoms with E-state index in [0.29, 0.717) is 0 Å². The summed E-state index contributed by atoms with van der Waals surface area (Å²) in [7, 11) is 0.968. The number of halogens is 2. The third-order valence-corrected chi connectivity index (χ3v) is 1.54. The van der Waals surface area contributed by atoms with Gasteiger partial charge in [-0.3, -0.25) is 0 Å². The average Bonchev–Trinajstić information content (AvgIpc) is 2.17. The molecule has 1 aromatic rings. The summed E-state index contributed by atoms with van der Waals surface area (Å²) in [4.78, 5) is 0. The maximum Gasteiger partial charge on any atom is 0.376 e. The lowest BCUT2D eigenvalue weighted by molar-refractivity contribution is -0.180. The molecule has 0 bridgehead atoms. The van der Waals surface area contributed by atoms with E-state index >= 15 is 0 Å². The second kappa shape index (κ2) is 4.14. The van der Waals surface area contributed by atoms with Gasteiger partial charge in [-0.25, -0.2) is 0 Å². The highest BCUT2D eigenvalue weighted by Crippen LogP contribution is 2.17. The lowest BCUT2D eigenvalue weighted by atomic mass is 10.2. The number of rotatable bonds is 3. The molecule has 0 N–H and O–H groups in total. The normalized spacial score (nSPS) is 12.2. The first-order valence-electron chi connectivity index (χ1n) is 3.81. The molecule has 0 amide bonds. The van der Waals surface area contributed by atoms with Crippen molar-refractivity contribution < 1.29 is 13.5 Å². The van der Waals surface area contributed by atoms with Gasteiger partial charge in [0, 0.05) is 13.2 Å². The van der Waals surface area contributed by atoms with Crippen molar-refractivity contribution in [1.29, 1.82) is 0 Å². The molecular weight excluding hydrogens is 174 g/mol. The maximum absolute atomic E-state index is 12.5. The van der Waals surface area contributed by atoms with Crippen molar-refractivity contribution >= 4 is 6.08 Å². The maximum atomic E-state index is 12.5. The topological polar surface area (TPSA) is 9.23 Å². The molecule has 1 nitrogen and oxygen atoms in total. The van der Waals surface area contributed by atoms with Gasteiger partial charge in [0.15, 0.2) is 0 Å². The Labute approximate surface area is 75.6 Å². The van der Waals surface area contributed by atoms with Crippen LogP contribution in [0, 0.1) is 0 Å². The van der Waals surface area contributed by atoms with Crippen LogP contribution in [-0.2, 0) is 4.74 Å². The van der Waals surface area contributed by atoms with Crippen LogP contribution in [0.4, 0.5) is 8.78 Å². The lowest BCUT2D eigenvalue weighted by Crippen LogP contribution is -2.13. The van der Waals surface area contributed by atoms with E-state index < -0.39 is 6.11 Å². The number of alkyl halides is 2. The van der Waals surface area contributed by atoms with Crippen LogP contribution in [0.25, 0.3) is 6.08 Å². The van der Waals surface area contributed by atoms with Gasteiger partial charge in [-0.05, 0) is 5.56 Å². The lowest BCUT2D eigenvalue weighted by Gasteiger charge is -2.07. The molecule has 0 fully saturated rings. The van der Waals surface area contributed by atoms with E-state index in [2.05, 4.69) is 4.74 Å². The highest BCUT2D eigenvalue weighted by molar-refractivity contribution is 5.49. The van der Waals surface area contributed by atoms with Crippen molar-refractivity contribution in [2.24, 2.45) is 0 Å². The summed E-state index contributed by atoms with van der Waals surface area (Å²) in [6, 6.07) is 8.87. The fourth-order valence-electron chi connectivity index (χ4n) is 0.825. The Morgan fingerprint density at radius 1 is 1.23 bits per heavy atom. The van der Waals surface area contributed by atoms with E-state index in [0.717, 1.165) is 18.7 Å². The number of ether oxygens (including phenoxy) is 1. The van der Waals surface area contributed by atoms with Crippen LogP contribution in [0.2, 0.25) is 0 Å². The number of hydrogen-bond acceptors (Lipinski definition) is 1. The van der Waals surface area contributed by atoms with Crippen LogP contribution in [0.1, 0.15) is 5.56 Å². The largest absolute Gasteiger partial charge is 0.376 e. The van der Waals surface area contributed by atoms with E-state index in [1.54, 1.807) is 24.3 Å². The van der Waals surface area contributed by atoms with Gasteiger partial charge in [-0.15, -0.1) is 0 Å². The third-order valence-electron chi connectivity index (χ3n) is 1.54. The van der Waals surface area contributed by atoms with Gasteiger partial charge < -0.3 is 4.74 Å². The van der Waals surface area contributed by atoms with Crippen molar-refractivity contribution in [3.63, 3.8) is 0 Å². The Hall–Kier alpha value is -1.22. The molecule has 70 valence electrons. The zero-order valence-electron chi connectivity index (χ0n) is 7.21. The van der Waals surface area contributed by atoms with Gasteiger partial charge in [0.1, 0.15) is 0 Å². The Kier molecular flexibility index (Phi) is 3.14. The average molecular weight is 184 g/mol. The molecule has 1 rings (SSSR count). The first-order valence-corrected chi connectivity index (χ1v) is 3.81. The Balaban J connectivity index is 2.69. The summed E-state index contributed by atoms with van der Waals surface area (Å²) < 4.78 is 29.0. The van der Waals surface area contributed by atoms with Crippen molar-refractivity contribution in [2.45, 2.75) is 6.11 Å². The van der Waals surface area contributed by atoms with Crippen LogP contribution in [-0.4, -0.2) is 13.2 Å². The van der Waals surface area contributed by atoms with E-state index in [4.69, 9.17) is 0 Å². The summed E-state index contributed by atoms with van der Waals surface area (Å²) in [6.45, 7) is 0. The zero-order valence-corrected chi connectivity index (χ0v) is 7.21. The van der Waals surface area contributed by atoms with Gasteiger partial charge in [-0.2, -0.15) is 8.78 Å². The van der Waals surface area contributed by atoms with Crippen LogP contribution >= 0.6 is 0 Å². The van der Waals surface area contributed by atoms with Crippen LogP contribution < -0.4 is 0 Å². The summed E-state index contributed by atoms with van der Waals surface area (Å²) >= 11 is 0. The predicted octanol–water partition coefficient (Wildman–Crippen LogP) is 2.94.